The van der Waals surface area contributed by atoms with Crippen LogP contribution in [0.5, 0.6) is 0 Å². The van der Waals surface area contributed by atoms with E-state index in [2.05, 4.69) is 10.6 Å². The average molecular weight is 382 g/mol. The molecule has 0 aromatic heterocycles. The molecule has 0 radical (unpaired) electrons. The molecule has 146 valence electrons. The number of carbonyl (C=O) groups excluding carboxylic acids is 2. The van der Waals surface area contributed by atoms with Gasteiger partial charge in [0.2, 0.25) is 11.8 Å². The zero-order valence-corrected chi connectivity index (χ0v) is 16.6. The highest BCUT2D eigenvalue weighted by atomic mass is 35.5. The van der Waals surface area contributed by atoms with E-state index < -0.39 is 6.04 Å². The number of halogens is 1. The van der Waals surface area contributed by atoms with Gasteiger partial charge in [-0.2, -0.15) is 0 Å². The van der Waals surface area contributed by atoms with Crippen LogP contribution in [0.4, 0.5) is 5.69 Å². The van der Waals surface area contributed by atoms with Crippen LogP contribution < -0.4 is 16.4 Å². The summed E-state index contributed by atoms with van der Waals surface area (Å²) < 4.78 is 0. The third kappa shape index (κ3) is 6.61. The normalized spacial score (nSPS) is 16.9. The summed E-state index contributed by atoms with van der Waals surface area (Å²) in [6, 6.07) is 7.14. The summed E-state index contributed by atoms with van der Waals surface area (Å²) in [4.78, 5) is 24.4. The lowest BCUT2D eigenvalue weighted by atomic mass is 9.88. The van der Waals surface area contributed by atoms with Crippen molar-refractivity contribution >= 4 is 29.9 Å². The van der Waals surface area contributed by atoms with Crippen LogP contribution in [0, 0.1) is 11.8 Å². The van der Waals surface area contributed by atoms with Crippen molar-refractivity contribution in [2.75, 3.05) is 5.32 Å². The van der Waals surface area contributed by atoms with Crippen molar-refractivity contribution in [3.05, 3.63) is 29.8 Å². The molecule has 1 aromatic rings. The molecule has 0 bridgehead atoms. The molecule has 1 aliphatic rings. The highest BCUT2D eigenvalue weighted by molar-refractivity contribution is 5.92. The number of hydrogen-bond acceptors (Lipinski definition) is 3. The van der Waals surface area contributed by atoms with Crippen LogP contribution in [0.25, 0.3) is 0 Å². The van der Waals surface area contributed by atoms with Crippen molar-refractivity contribution in [3.63, 3.8) is 0 Å². The molecule has 2 unspecified atom stereocenters. The third-order valence-electron chi connectivity index (χ3n) is 5.20. The minimum Gasteiger partial charge on any atom is -0.351 e. The fourth-order valence-corrected chi connectivity index (χ4v) is 3.19. The van der Waals surface area contributed by atoms with Gasteiger partial charge >= 0.3 is 0 Å². The van der Waals surface area contributed by atoms with Crippen LogP contribution in [0.3, 0.4) is 0 Å². The number of carbonyl (C=O) groups is 2. The van der Waals surface area contributed by atoms with Gasteiger partial charge in [-0.3, -0.25) is 9.59 Å². The quantitative estimate of drug-likeness (QED) is 0.674. The fourth-order valence-electron chi connectivity index (χ4n) is 3.19. The molecule has 2 rings (SSSR count). The monoisotopic (exact) mass is 381 g/mol. The maximum atomic E-state index is 12.3. The summed E-state index contributed by atoms with van der Waals surface area (Å²) in [6.07, 6.45) is 6.35. The Morgan fingerprint density at radius 2 is 1.92 bits per heavy atom. The highest BCUT2D eigenvalue weighted by Gasteiger charge is 2.21. The van der Waals surface area contributed by atoms with Gasteiger partial charge in [0.05, 0.1) is 6.04 Å². The molecule has 26 heavy (non-hydrogen) atoms. The lowest BCUT2D eigenvalue weighted by Gasteiger charge is -2.21. The second-order valence-electron chi connectivity index (χ2n) is 7.15. The summed E-state index contributed by atoms with van der Waals surface area (Å²) in [7, 11) is 0. The van der Waals surface area contributed by atoms with E-state index in [0.717, 1.165) is 43.4 Å². The van der Waals surface area contributed by atoms with Gasteiger partial charge in [0.15, 0.2) is 0 Å². The smallest absolute Gasteiger partial charge is 0.237 e. The lowest BCUT2D eigenvalue weighted by Crippen LogP contribution is -2.44. The molecular weight excluding hydrogens is 350 g/mol. The minimum absolute atomic E-state index is 0. The topological polar surface area (TPSA) is 84.2 Å². The SMILES string of the molecule is CCC(C)C(N)C(=O)NCc1cccc(NC(=O)C2CCCCC2)c1.Cl. The van der Waals surface area contributed by atoms with Crippen LogP contribution in [-0.4, -0.2) is 17.9 Å². The molecule has 0 saturated heterocycles. The summed E-state index contributed by atoms with van der Waals surface area (Å²) in [5.74, 6) is 0.262. The second kappa shape index (κ2) is 11.2. The maximum Gasteiger partial charge on any atom is 0.237 e. The Hall–Kier alpha value is -1.59. The van der Waals surface area contributed by atoms with Gasteiger partial charge < -0.3 is 16.4 Å². The molecule has 6 heteroatoms. The molecule has 2 amide bonds. The Kier molecular flexibility index (Phi) is 9.66. The van der Waals surface area contributed by atoms with Crippen molar-refractivity contribution in [1.82, 2.24) is 5.32 Å². The van der Waals surface area contributed by atoms with E-state index in [1.807, 2.05) is 38.1 Å². The largest absolute Gasteiger partial charge is 0.351 e. The zero-order chi connectivity index (χ0) is 18.2. The van der Waals surface area contributed by atoms with E-state index in [4.69, 9.17) is 5.73 Å². The molecule has 1 aromatic carbocycles. The molecule has 1 aliphatic carbocycles. The predicted octanol–water partition coefficient (Wildman–Crippen LogP) is 3.62. The fraction of sp³-hybridized carbons (Fsp3) is 0.600. The first kappa shape index (κ1) is 22.5. The van der Waals surface area contributed by atoms with E-state index in [9.17, 15) is 9.59 Å². The maximum absolute atomic E-state index is 12.3. The Bertz CT molecular complexity index is 588. The van der Waals surface area contributed by atoms with Gasteiger partial charge in [0.1, 0.15) is 0 Å². The van der Waals surface area contributed by atoms with Gasteiger partial charge in [-0.15, -0.1) is 12.4 Å². The Morgan fingerprint density at radius 1 is 1.23 bits per heavy atom. The Morgan fingerprint density at radius 3 is 2.58 bits per heavy atom. The second-order valence-corrected chi connectivity index (χ2v) is 7.15. The highest BCUT2D eigenvalue weighted by Crippen LogP contribution is 2.25. The minimum atomic E-state index is -0.487. The third-order valence-corrected chi connectivity index (χ3v) is 5.20. The van der Waals surface area contributed by atoms with Crippen molar-refractivity contribution in [3.8, 4) is 0 Å². The van der Waals surface area contributed by atoms with Crippen molar-refractivity contribution in [1.29, 1.82) is 0 Å². The Labute approximate surface area is 162 Å². The van der Waals surface area contributed by atoms with E-state index in [1.54, 1.807) is 0 Å². The zero-order valence-electron chi connectivity index (χ0n) is 15.8. The molecule has 1 fully saturated rings. The number of hydrogen-bond donors (Lipinski definition) is 3. The van der Waals surface area contributed by atoms with Gasteiger partial charge in [-0.05, 0) is 36.5 Å². The van der Waals surface area contributed by atoms with Crippen molar-refractivity contribution in [2.45, 2.75) is 65.0 Å². The number of nitrogens with one attached hydrogen (secondary N) is 2. The van der Waals surface area contributed by atoms with Gasteiger partial charge in [0, 0.05) is 18.2 Å². The van der Waals surface area contributed by atoms with Crippen LogP contribution in [0.1, 0.15) is 57.9 Å². The molecular formula is C20H32ClN3O2. The summed E-state index contributed by atoms with van der Waals surface area (Å²) in [6.45, 7) is 4.41. The van der Waals surface area contributed by atoms with E-state index in [1.165, 1.54) is 6.42 Å². The summed E-state index contributed by atoms with van der Waals surface area (Å²) in [5, 5.41) is 5.89. The lowest BCUT2D eigenvalue weighted by molar-refractivity contribution is -0.123. The van der Waals surface area contributed by atoms with Crippen LogP contribution >= 0.6 is 12.4 Å². The number of amides is 2. The molecule has 2 atom stereocenters. The predicted molar refractivity (Wildman–Crippen MR) is 108 cm³/mol. The summed E-state index contributed by atoms with van der Waals surface area (Å²) >= 11 is 0. The standard InChI is InChI=1S/C20H31N3O2.ClH/c1-3-14(2)18(21)20(25)22-13-15-8-7-11-17(12-15)23-19(24)16-9-5-4-6-10-16;/h7-8,11-12,14,16,18H,3-6,9-10,13,21H2,1-2H3,(H,22,25)(H,23,24);1H. The van der Waals surface area contributed by atoms with Crippen LogP contribution in [-0.2, 0) is 16.1 Å². The molecule has 0 spiro atoms. The number of nitrogens with two attached hydrogens (primary N) is 1. The first-order valence-electron chi connectivity index (χ1n) is 9.44. The van der Waals surface area contributed by atoms with Gasteiger partial charge in [0.25, 0.3) is 0 Å². The van der Waals surface area contributed by atoms with Crippen LogP contribution in [0.15, 0.2) is 24.3 Å². The van der Waals surface area contributed by atoms with E-state index in [0.29, 0.717) is 6.54 Å². The molecule has 5 nitrogen and oxygen atoms in total. The molecule has 0 aliphatic heterocycles. The van der Waals surface area contributed by atoms with Crippen molar-refractivity contribution in [2.24, 2.45) is 17.6 Å². The number of benzene rings is 1. The number of anilines is 1. The molecule has 1 saturated carbocycles. The molecule has 0 heterocycles. The average Bonchev–Trinajstić information content (AvgIpc) is 2.65. The van der Waals surface area contributed by atoms with Crippen LogP contribution in [0.2, 0.25) is 0 Å². The Balaban J connectivity index is 0.00000338. The van der Waals surface area contributed by atoms with Crippen molar-refractivity contribution < 1.29 is 9.59 Å². The summed E-state index contributed by atoms with van der Waals surface area (Å²) in [5.41, 5.74) is 7.68. The van der Waals surface area contributed by atoms with Gasteiger partial charge in [-0.25, -0.2) is 0 Å². The van der Waals surface area contributed by atoms with Gasteiger partial charge in [-0.1, -0.05) is 51.7 Å². The van der Waals surface area contributed by atoms with E-state index >= 15 is 0 Å². The first-order chi connectivity index (χ1) is 12.0. The van der Waals surface area contributed by atoms with E-state index in [-0.39, 0.29) is 36.1 Å². The number of rotatable bonds is 7. The molecule has 4 N–H and O–H groups in total. The first-order valence-corrected chi connectivity index (χ1v) is 9.44.